The predicted octanol–water partition coefficient (Wildman–Crippen LogP) is 2.46. The highest BCUT2D eigenvalue weighted by atomic mass is 16.5. The minimum absolute atomic E-state index is 0.198. The number of carbonyl (C=O) groups excluding carboxylic acids is 1. The van der Waals surface area contributed by atoms with Crippen molar-refractivity contribution in [3.8, 4) is 0 Å². The van der Waals surface area contributed by atoms with Crippen LogP contribution in [-0.2, 0) is 16.1 Å². The minimum atomic E-state index is -0.198. The first kappa shape index (κ1) is 13.7. The number of hydrogen-bond donors (Lipinski definition) is 0. The van der Waals surface area contributed by atoms with Crippen LogP contribution in [0.15, 0.2) is 30.3 Å². The lowest BCUT2D eigenvalue weighted by Gasteiger charge is -2.20. The van der Waals surface area contributed by atoms with Crippen molar-refractivity contribution < 1.29 is 9.53 Å². The van der Waals surface area contributed by atoms with E-state index in [-0.39, 0.29) is 5.97 Å². The van der Waals surface area contributed by atoms with Crippen LogP contribution in [0.1, 0.15) is 25.8 Å². The van der Waals surface area contributed by atoms with Crippen molar-refractivity contribution in [1.29, 1.82) is 0 Å². The zero-order valence-electron chi connectivity index (χ0n) is 10.7. The van der Waals surface area contributed by atoms with Gasteiger partial charge in [-0.05, 0) is 18.5 Å². The molecule has 0 heterocycles. The molecule has 0 unspecified atom stereocenters. The topological polar surface area (TPSA) is 29.5 Å². The monoisotopic (exact) mass is 235 g/mol. The maximum atomic E-state index is 10.6. The van der Waals surface area contributed by atoms with Gasteiger partial charge in [-0.25, -0.2) is 0 Å². The van der Waals surface area contributed by atoms with Crippen molar-refractivity contribution in [3.05, 3.63) is 35.9 Å². The molecule has 0 aliphatic carbocycles. The molecule has 1 aromatic carbocycles. The summed E-state index contributed by atoms with van der Waals surface area (Å²) in [5, 5.41) is 0. The Labute approximate surface area is 103 Å². The normalized spacial score (nSPS) is 10.5. The highest BCUT2D eigenvalue weighted by molar-refractivity contribution is 5.65. The van der Waals surface area contributed by atoms with Crippen molar-refractivity contribution >= 4 is 5.97 Å². The van der Waals surface area contributed by atoms with Crippen LogP contribution in [0, 0.1) is 0 Å². The van der Waals surface area contributed by atoms with Crippen molar-refractivity contribution in [2.45, 2.75) is 26.8 Å². The third-order valence-electron chi connectivity index (χ3n) is 2.62. The van der Waals surface area contributed by atoms with E-state index in [1.165, 1.54) is 12.5 Å². The van der Waals surface area contributed by atoms with Crippen LogP contribution < -0.4 is 0 Å². The lowest BCUT2D eigenvalue weighted by molar-refractivity contribution is -0.141. The lowest BCUT2D eigenvalue weighted by atomic mass is 10.2. The molecule has 0 bridgehead atoms. The lowest BCUT2D eigenvalue weighted by Crippen LogP contribution is -2.25. The number of ether oxygens (including phenoxy) is 1. The van der Waals surface area contributed by atoms with Crippen molar-refractivity contribution in [3.63, 3.8) is 0 Å². The van der Waals surface area contributed by atoms with E-state index in [0.29, 0.717) is 6.61 Å². The largest absolute Gasteiger partial charge is 0.466 e. The van der Waals surface area contributed by atoms with Crippen LogP contribution in [0.3, 0.4) is 0 Å². The van der Waals surface area contributed by atoms with Crippen LogP contribution in [-0.4, -0.2) is 30.6 Å². The first-order chi connectivity index (χ1) is 8.22. The van der Waals surface area contributed by atoms with Gasteiger partial charge in [-0.2, -0.15) is 0 Å². The van der Waals surface area contributed by atoms with Gasteiger partial charge in [0.25, 0.3) is 0 Å². The number of hydrogen-bond acceptors (Lipinski definition) is 3. The molecule has 0 aromatic heterocycles. The van der Waals surface area contributed by atoms with E-state index in [2.05, 4.69) is 36.1 Å². The molecule has 0 spiro atoms. The maximum Gasteiger partial charge on any atom is 0.302 e. The number of esters is 1. The van der Waals surface area contributed by atoms with Gasteiger partial charge in [-0.3, -0.25) is 9.69 Å². The summed E-state index contributed by atoms with van der Waals surface area (Å²) in [7, 11) is 0. The number of nitrogens with zero attached hydrogens (tertiary/aromatic N) is 1. The zero-order valence-corrected chi connectivity index (χ0v) is 10.7. The molecule has 0 amide bonds. The quantitative estimate of drug-likeness (QED) is 0.537. The Morgan fingerprint density at radius 2 is 2.00 bits per heavy atom. The van der Waals surface area contributed by atoms with Crippen LogP contribution in [0.5, 0.6) is 0 Å². The van der Waals surface area contributed by atoms with E-state index in [1.807, 2.05) is 6.07 Å². The minimum Gasteiger partial charge on any atom is -0.466 e. The molecule has 3 nitrogen and oxygen atoms in total. The standard InChI is InChI=1S/C14H21NO2/c1-3-15(10-7-11-17-13(2)16)12-14-8-5-4-6-9-14/h4-6,8-9H,3,7,10-12H2,1-2H3. The van der Waals surface area contributed by atoms with Crippen LogP contribution in [0.4, 0.5) is 0 Å². The van der Waals surface area contributed by atoms with Gasteiger partial charge in [-0.15, -0.1) is 0 Å². The molecule has 0 saturated heterocycles. The highest BCUT2D eigenvalue weighted by Crippen LogP contribution is 2.04. The molecule has 3 heteroatoms. The fourth-order valence-corrected chi connectivity index (χ4v) is 1.69. The third kappa shape index (κ3) is 6.07. The van der Waals surface area contributed by atoms with Gasteiger partial charge in [0.1, 0.15) is 0 Å². The summed E-state index contributed by atoms with van der Waals surface area (Å²) < 4.78 is 4.92. The zero-order chi connectivity index (χ0) is 12.5. The third-order valence-corrected chi connectivity index (χ3v) is 2.62. The first-order valence-corrected chi connectivity index (χ1v) is 6.12. The predicted molar refractivity (Wildman–Crippen MR) is 68.6 cm³/mol. The van der Waals surface area contributed by atoms with Gasteiger partial charge in [0.15, 0.2) is 0 Å². The Balaban J connectivity index is 2.27. The van der Waals surface area contributed by atoms with Crippen molar-refractivity contribution in [1.82, 2.24) is 4.90 Å². The molecular formula is C14H21NO2. The fraction of sp³-hybridized carbons (Fsp3) is 0.500. The van der Waals surface area contributed by atoms with Crippen LogP contribution in [0.25, 0.3) is 0 Å². The summed E-state index contributed by atoms with van der Waals surface area (Å²) in [5.41, 5.74) is 1.32. The summed E-state index contributed by atoms with van der Waals surface area (Å²) in [4.78, 5) is 13.0. The summed E-state index contributed by atoms with van der Waals surface area (Å²) >= 11 is 0. The molecule has 1 rings (SSSR count). The molecule has 1 aromatic rings. The van der Waals surface area contributed by atoms with Crippen molar-refractivity contribution in [2.75, 3.05) is 19.7 Å². The van der Waals surface area contributed by atoms with Gasteiger partial charge in [-0.1, -0.05) is 37.3 Å². The Kier molecular flexibility index (Phi) is 6.33. The Bertz CT molecular complexity index is 324. The average Bonchev–Trinajstić information content (AvgIpc) is 2.34. The number of benzene rings is 1. The molecule has 0 saturated carbocycles. The molecular weight excluding hydrogens is 214 g/mol. The summed E-state index contributed by atoms with van der Waals surface area (Å²) in [6.07, 6.45) is 0.889. The second-order valence-electron chi connectivity index (χ2n) is 4.05. The molecule has 0 N–H and O–H groups in total. The maximum absolute atomic E-state index is 10.6. The molecule has 17 heavy (non-hydrogen) atoms. The molecule has 0 fully saturated rings. The number of rotatable bonds is 7. The van der Waals surface area contributed by atoms with E-state index in [4.69, 9.17) is 4.74 Å². The Morgan fingerprint density at radius 1 is 1.29 bits per heavy atom. The van der Waals surface area contributed by atoms with Crippen LogP contribution in [0.2, 0.25) is 0 Å². The van der Waals surface area contributed by atoms with E-state index in [0.717, 1.165) is 26.1 Å². The summed E-state index contributed by atoms with van der Waals surface area (Å²) in [6, 6.07) is 10.4. The average molecular weight is 235 g/mol. The molecule has 0 aliphatic heterocycles. The molecule has 0 aliphatic rings. The smallest absolute Gasteiger partial charge is 0.302 e. The van der Waals surface area contributed by atoms with Gasteiger partial charge >= 0.3 is 5.97 Å². The van der Waals surface area contributed by atoms with E-state index in [1.54, 1.807) is 0 Å². The van der Waals surface area contributed by atoms with E-state index >= 15 is 0 Å². The van der Waals surface area contributed by atoms with E-state index < -0.39 is 0 Å². The highest BCUT2D eigenvalue weighted by Gasteiger charge is 2.03. The number of carbonyl (C=O) groups is 1. The van der Waals surface area contributed by atoms with E-state index in [9.17, 15) is 4.79 Å². The Hall–Kier alpha value is -1.35. The molecule has 94 valence electrons. The Morgan fingerprint density at radius 3 is 2.59 bits per heavy atom. The van der Waals surface area contributed by atoms with Crippen molar-refractivity contribution in [2.24, 2.45) is 0 Å². The fourth-order valence-electron chi connectivity index (χ4n) is 1.69. The summed E-state index contributed by atoms with van der Waals surface area (Å²) in [6.45, 7) is 7.03. The van der Waals surface area contributed by atoms with Gasteiger partial charge in [0, 0.05) is 20.0 Å². The second-order valence-corrected chi connectivity index (χ2v) is 4.05. The molecule has 0 atom stereocenters. The van der Waals surface area contributed by atoms with Gasteiger partial charge < -0.3 is 4.74 Å². The van der Waals surface area contributed by atoms with Gasteiger partial charge in [0.2, 0.25) is 0 Å². The molecule has 0 radical (unpaired) electrons. The first-order valence-electron chi connectivity index (χ1n) is 6.12. The van der Waals surface area contributed by atoms with Gasteiger partial charge in [0.05, 0.1) is 6.61 Å². The van der Waals surface area contributed by atoms with Crippen LogP contribution >= 0.6 is 0 Å². The summed E-state index contributed by atoms with van der Waals surface area (Å²) in [5.74, 6) is -0.198. The SMILES string of the molecule is CCN(CCCOC(C)=O)Cc1ccccc1. The second kappa shape index (κ2) is 7.85.